The molecule has 2 aromatic carbocycles. The van der Waals surface area contributed by atoms with Crippen LogP contribution in [0.25, 0.3) is 22.4 Å². The molecule has 2 aromatic heterocycles. The summed E-state index contributed by atoms with van der Waals surface area (Å²) in [6.45, 7) is 0.166. The van der Waals surface area contributed by atoms with Gasteiger partial charge in [-0.2, -0.15) is 13.2 Å². The molecule has 0 aliphatic rings. The van der Waals surface area contributed by atoms with E-state index in [1.165, 1.54) is 12.3 Å². The van der Waals surface area contributed by atoms with Crippen LogP contribution in [0.3, 0.4) is 0 Å². The summed E-state index contributed by atoms with van der Waals surface area (Å²) in [6, 6.07) is 17.9. The Hall–Kier alpha value is -4.31. The molecule has 0 bridgehead atoms. The van der Waals surface area contributed by atoms with E-state index in [1.54, 1.807) is 30.6 Å². The summed E-state index contributed by atoms with van der Waals surface area (Å²) in [5, 5.41) is 6.04. The summed E-state index contributed by atoms with van der Waals surface area (Å²) >= 11 is 0. The van der Waals surface area contributed by atoms with Crippen LogP contribution in [0.2, 0.25) is 0 Å². The fourth-order valence-corrected chi connectivity index (χ4v) is 3.85. The number of nitrogens with two attached hydrogens (primary N) is 1. The summed E-state index contributed by atoms with van der Waals surface area (Å²) in [7, 11) is 0. The van der Waals surface area contributed by atoms with Crippen molar-refractivity contribution in [2.75, 3.05) is 18.4 Å². The van der Waals surface area contributed by atoms with E-state index in [0.717, 1.165) is 17.7 Å². The molecule has 0 aliphatic carbocycles. The summed E-state index contributed by atoms with van der Waals surface area (Å²) in [4.78, 5) is 25.0. The Balaban J connectivity index is 1.63. The molecular weight excluding hydrogens is 481 g/mol. The van der Waals surface area contributed by atoms with Crippen LogP contribution in [0.4, 0.5) is 19.1 Å². The number of nitrogens with one attached hydrogen (secondary N) is 2. The number of nitrogens with zero attached hydrogens (tertiary/aromatic N) is 3. The molecule has 1 unspecified atom stereocenters. The minimum atomic E-state index is -4.48. The maximum Gasteiger partial charge on any atom is 0.416 e. The number of aromatic nitrogens is 3. The molecule has 1 amide bonds. The highest BCUT2D eigenvalue weighted by atomic mass is 19.4. The van der Waals surface area contributed by atoms with Gasteiger partial charge < -0.3 is 16.4 Å². The lowest BCUT2D eigenvalue weighted by Crippen LogP contribution is -2.44. The number of carbonyl (C=O) groups is 1. The Morgan fingerprint density at radius 2 is 1.73 bits per heavy atom. The van der Waals surface area contributed by atoms with Gasteiger partial charge in [-0.3, -0.25) is 9.78 Å². The predicted octanol–water partition coefficient (Wildman–Crippen LogP) is 4.32. The molecule has 0 aliphatic heterocycles. The van der Waals surface area contributed by atoms with Crippen LogP contribution in [-0.2, 0) is 17.4 Å². The van der Waals surface area contributed by atoms with Crippen molar-refractivity contribution in [3.8, 4) is 22.4 Å². The first-order valence-corrected chi connectivity index (χ1v) is 11.6. The molecule has 4 N–H and O–H groups in total. The van der Waals surface area contributed by atoms with Crippen LogP contribution in [0, 0.1) is 0 Å². The van der Waals surface area contributed by atoms with E-state index >= 15 is 0 Å². The van der Waals surface area contributed by atoms with Crippen molar-refractivity contribution in [2.45, 2.75) is 18.6 Å². The van der Waals surface area contributed by atoms with Gasteiger partial charge in [0.1, 0.15) is 0 Å². The average Bonchev–Trinajstić information content (AvgIpc) is 2.92. The maximum absolute atomic E-state index is 13.3. The molecule has 37 heavy (non-hydrogen) atoms. The van der Waals surface area contributed by atoms with Crippen molar-refractivity contribution < 1.29 is 18.0 Å². The highest BCUT2D eigenvalue weighted by Gasteiger charge is 2.30. The first kappa shape index (κ1) is 25.8. The highest BCUT2D eigenvalue weighted by Crippen LogP contribution is 2.35. The summed E-state index contributed by atoms with van der Waals surface area (Å²) in [5.74, 6) is -0.0244. The van der Waals surface area contributed by atoms with Gasteiger partial charge in [-0.1, -0.05) is 42.5 Å². The highest BCUT2D eigenvalue weighted by molar-refractivity contribution is 5.81. The predicted molar refractivity (Wildman–Crippen MR) is 135 cm³/mol. The van der Waals surface area contributed by atoms with Gasteiger partial charge >= 0.3 is 6.18 Å². The number of hydrogen-bond donors (Lipinski definition) is 3. The second kappa shape index (κ2) is 11.6. The van der Waals surface area contributed by atoms with Gasteiger partial charge in [-0.15, -0.1) is 0 Å². The van der Waals surface area contributed by atoms with Gasteiger partial charge in [0.15, 0.2) is 0 Å². The van der Waals surface area contributed by atoms with E-state index in [2.05, 4.69) is 25.6 Å². The minimum absolute atomic E-state index is 0.139. The van der Waals surface area contributed by atoms with Crippen LogP contribution in [0.1, 0.15) is 11.1 Å². The Labute approximate surface area is 212 Å². The van der Waals surface area contributed by atoms with E-state index in [4.69, 9.17) is 5.73 Å². The Morgan fingerprint density at radius 3 is 2.43 bits per heavy atom. The van der Waals surface area contributed by atoms with E-state index in [-0.39, 0.29) is 24.4 Å². The zero-order valence-corrected chi connectivity index (χ0v) is 19.7. The summed E-state index contributed by atoms with van der Waals surface area (Å²) in [6.07, 6.45) is 0.735. The average molecular weight is 507 g/mol. The molecule has 2 heterocycles. The quantitative estimate of drug-likeness (QED) is 0.312. The van der Waals surface area contributed by atoms with Crippen molar-refractivity contribution in [1.82, 2.24) is 20.3 Å². The van der Waals surface area contributed by atoms with Crippen molar-refractivity contribution in [3.05, 3.63) is 96.4 Å². The second-order valence-electron chi connectivity index (χ2n) is 8.31. The van der Waals surface area contributed by atoms with Crippen LogP contribution in [-0.4, -0.2) is 40.0 Å². The molecule has 1 atom stereocenters. The number of carbonyl (C=O) groups excluding carboxylic acids is 1. The summed E-state index contributed by atoms with van der Waals surface area (Å²) < 4.78 is 40.0. The molecule has 0 saturated carbocycles. The van der Waals surface area contributed by atoms with Gasteiger partial charge in [0.2, 0.25) is 11.9 Å². The lowest BCUT2D eigenvalue weighted by Gasteiger charge is -2.20. The number of rotatable bonds is 9. The smallest absolute Gasteiger partial charge is 0.352 e. The third-order valence-electron chi connectivity index (χ3n) is 5.63. The number of anilines is 1. The van der Waals surface area contributed by atoms with Crippen molar-refractivity contribution in [3.63, 3.8) is 0 Å². The van der Waals surface area contributed by atoms with Crippen LogP contribution < -0.4 is 16.4 Å². The topological polar surface area (TPSA) is 106 Å². The first-order chi connectivity index (χ1) is 17.8. The second-order valence-corrected chi connectivity index (χ2v) is 8.31. The number of pyridine rings is 1. The molecule has 4 aromatic rings. The Morgan fingerprint density at radius 1 is 0.973 bits per heavy atom. The molecule has 0 radical (unpaired) electrons. The molecule has 0 saturated heterocycles. The molecular formula is C27H25F3N6O. The third-order valence-corrected chi connectivity index (χ3v) is 5.63. The lowest BCUT2D eigenvalue weighted by molar-refractivity contribution is -0.137. The van der Waals surface area contributed by atoms with E-state index in [9.17, 15) is 18.0 Å². The standard InChI is InChI=1S/C27H25F3N6O/c28-27(29,30)21-8-4-7-20(14-21)23-17-34-26(36-25(23)19-9-11-32-12-10-19)33-16-22(35-24(37)15-31)13-18-5-2-1-3-6-18/h1-12,14,17,22H,13,15-16,31H2,(H,35,37)(H,33,34,36). The minimum Gasteiger partial charge on any atom is -0.352 e. The lowest BCUT2D eigenvalue weighted by atomic mass is 9.99. The molecule has 4 rings (SSSR count). The Bertz CT molecular complexity index is 1330. The van der Waals surface area contributed by atoms with Crippen molar-refractivity contribution in [2.24, 2.45) is 5.73 Å². The summed E-state index contributed by atoms with van der Waals surface area (Å²) in [5.41, 5.74) is 7.66. The van der Waals surface area contributed by atoms with Crippen LogP contribution in [0.5, 0.6) is 0 Å². The molecule has 0 spiro atoms. The number of alkyl halides is 3. The fourth-order valence-electron chi connectivity index (χ4n) is 3.85. The van der Waals surface area contributed by atoms with E-state index in [0.29, 0.717) is 35.3 Å². The number of halogens is 3. The largest absolute Gasteiger partial charge is 0.416 e. The Kier molecular flexibility index (Phi) is 8.09. The molecule has 0 fully saturated rings. The van der Waals surface area contributed by atoms with Crippen LogP contribution in [0.15, 0.2) is 85.3 Å². The van der Waals surface area contributed by atoms with Crippen molar-refractivity contribution in [1.29, 1.82) is 0 Å². The van der Waals surface area contributed by atoms with Gasteiger partial charge in [0.25, 0.3) is 0 Å². The normalized spacial score (nSPS) is 12.1. The fraction of sp³-hybridized carbons (Fsp3) is 0.185. The van der Waals surface area contributed by atoms with Gasteiger partial charge in [-0.25, -0.2) is 9.97 Å². The van der Waals surface area contributed by atoms with Gasteiger partial charge in [0, 0.05) is 36.3 Å². The van der Waals surface area contributed by atoms with Gasteiger partial charge in [0.05, 0.1) is 23.8 Å². The monoisotopic (exact) mass is 506 g/mol. The number of benzene rings is 2. The first-order valence-electron chi connectivity index (χ1n) is 11.6. The van der Waals surface area contributed by atoms with Crippen molar-refractivity contribution >= 4 is 11.9 Å². The zero-order chi connectivity index (χ0) is 26.3. The van der Waals surface area contributed by atoms with Gasteiger partial charge in [-0.05, 0) is 41.8 Å². The third kappa shape index (κ3) is 6.89. The van der Waals surface area contributed by atoms with E-state index in [1.807, 2.05) is 30.3 Å². The SMILES string of the molecule is NCC(=O)NC(CNc1ncc(-c2cccc(C(F)(F)F)c2)c(-c2ccncc2)n1)Cc1ccccc1. The number of amides is 1. The molecule has 10 heteroatoms. The zero-order valence-electron chi connectivity index (χ0n) is 19.7. The van der Waals surface area contributed by atoms with E-state index < -0.39 is 11.7 Å². The number of hydrogen-bond acceptors (Lipinski definition) is 6. The van der Waals surface area contributed by atoms with Crippen LogP contribution >= 0.6 is 0 Å². The maximum atomic E-state index is 13.3. The molecule has 190 valence electrons. The molecule has 7 nitrogen and oxygen atoms in total.